The van der Waals surface area contributed by atoms with Gasteiger partial charge < -0.3 is 11.1 Å². The molecule has 1 aliphatic rings. The second-order valence-corrected chi connectivity index (χ2v) is 4.95. The van der Waals surface area contributed by atoms with Gasteiger partial charge in [0, 0.05) is 17.4 Å². The molecule has 0 saturated heterocycles. The van der Waals surface area contributed by atoms with Crippen LogP contribution < -0.4 is 11.1 Å². The fraction of sp³-hybridized carbons (Fsp3) is 0.571. The first-order valence-electron chi connectivity index (χ1n) is 6.30. The third-order valence-electron chi connectivity index (χ3n) is 3.67. The van der Waals surface area contributed by atoms with Crippen molar-refractivity contribution in [3.63, 3.8) is 0 Å². The molecule has 16 heavy (non-hydrogen) atoms. The lowest BCUT2D eigenvalue weighted by Crippen LogP contribution is -2.23. The van der Waals surface area contributed by atoms with Crippen LogP contribution in [0.1, 0.15) is 43.2 Å². The van der Waals surface area contributed by atoms with Crippen molar-refractivity contribution in [2.45, 2.75) is 52.0 Å². The molecule has 1 aromatic carbocycles. The van der Waals surface area contributed by atoms with Crippen LogP contribution in [0, 0.1) is 13.8 Å². The lowest BCUT2D eigenvalue weighted by Gasteiger charge is -2.26. The van der Waals surface area contributed by atoms with Crippen LogP contribution in [0.4, 0.5) is 11.4 Å². The fourth-order valence-electron chi connectivity index (χ4n) is 2.54. The molecule has 88 valence electrons. The molecule has 2 rings (SSSR count). The van der Waals surface area contributed by atoms with E-state index in [0.29, 0.717) is 6.04 Å². The van der Waals surface area contributed by atoms with Crippen LogP contribution in [0.2, 0.25) is 0 Å². The van der Waals surface area contributed by atoms with E-state index < -0.39 is 0 Å². The van der Waals surface area contributed by atoms with E-state index in [1.807, 2.05) is 6.07 Å². The molecule has 3 N–H and O–H groups in total. The maximum absolute atomic E-state index is 5.95. The highest BCUT2D eigenvalue weighted by Gasteiger charge is 2.15. The van der Waals surface area contributed by atoms with Gasteiger partial charge >= 0.3 is 0 Å². The van der Waals surface area contributed by atoms with Gasteiger partial charge in [-0.05, 0) is 43.9 Å². The molecule has 0 bridgehead atoms. The summed E-state index contributed by atoms with van der Waals surface area (Å²) in [6, 6.07) is 4.75. The first-order chi connectivity index (χ1) is 7.68. The summed E-state index contributed by atoms with van der Waals surface area (Å²) in [7, 11) is 0. The van der Waals surface area contributed by atoms with Gasteiger partial charge in [-0.25, -0.2) is 0 Å². The molecule has 0 unspecified atom stereocenters. The summed E-state index contributed by atoms with van der Waals surface area (Å²) < 4.78 is 0. The van der Waals surface area contributed by atoms with Crippen LogP contribution in [-0.2, 0) is 0 Å². The van der Waals surface area contributed by atoms with Crippen molar-refractivity contribution in [1.82, 2.24) is 0 Å². The summed E-state index contributed by atoms with van der Waals surface area (Å²) in [6.07, 6.45) is 6.71. The lowest BCUT2D eigenvalue weighted by atomic mass is 9.94. The molecule has 1 saturated carbocycles. The van der Waals surface area contributed by atoms with Crippen LogP contribution in [-0.4, -0.2) is 6.04 Å². The van der Waals surface area contributed by atoms with Crippen molar-refractivity contribution in [2.24, 2.45) is 0 Å². The van der Waals surface area contributed by atoms with Gasteiger partial charge in [0.2, 0.25) is 0 Å². The third-order valence-corrected chi connectivity index (χ3v) is 3.67. The Morgan fingerprint density at radius 1 is 1.12 bits per heavy atom. The Hall–Kier alpha value is -1.18. The highest BCUT2D eigenvalue weighted by Crippen LogP contribution is 2.28. The van der Waals surface area contributed by atoms with E-state index in [-0.39, 0.29) is 0 Å². The monoisotopic (exact) mass is 218 g/mol. The Bertz CT molecular complexity index is 365. The number of nitrogens with one attached hydrogen (secondary N) is 1. The zero-order chi connectivity index (χ0) is 11.5. The number of hydrogen-bond acceptors (Lipinski definition) is 2. The largest absolute Gasteiger partial charge is 0.398 e. The van der Waals surface area contributed by atoms with Gasteiger partial charge in [0.1, 0.15) is 0 Å². The second-order valence-electron chi connectivity index (χ2n) is 4.95. The molecular weight excluding hydrogens is 196 g/mol. The van der Waals surface area contributed by atoms with Gasteiger partial charge in [-0.3, -0.25) is 0 Å². The Morgan fingerprint density at radius 2 is 1.81 bits per heavy atom. The second kappa shape index (κ2) is 4.77. The molecule has 1 fully saturated rings. The average Bonchev–Trinajstić information content (AvgIpc) is 2.31. The summed E-state index contributed by atoms with van der Waals surface area (Å²) in [5.41, 5.74) is 10.6. The molecule has 0 amide bonds. The van der Waals surface area contributed by atoms with Gasteiger partial charge in [0.15, 0.2) is 0 Å². The first-order valence-corrected chi connectivity index (χ1v) is 6.30. The van der Waals surface area contributed by atoms with Gasteiger partial charge in [0.25, 0.3) is 0 Å². The van der Waals surface area contributed by atoms with E-state index in [1.165, 1.54) is 48.9 Å². The number of hydrogen-bond donors (Lipinski definition) is 2. The summed E-state index contributed by atoms with van der Waals surface area (Å²) in [6.45, 7) is 4.26. The predicted molar refractivity (Wildman–Crippen MR) is 70.8 cm³/mol. The number of rotatable bonds is 2. The van der Waals surface area contributed by atoms with Gasteiger partial charge in [-0.1, -0.05) is 25.3 Å². The van der Waals surface area contributed by atoms with Crippen molar-refractivity contribution >= 4 is 11.4 Å². The number of benzene rings is 1. The normalized spacial score (nSPS) is 17.4. The highest BCUT2D eigenvalue weighted by molar-refractivity contribution is 5.67. The molecule has 0 aliphatic heterocycles. The zero-order valence-corrected chi connectivity index (χ0v) is 10.3. The lowest BCUT2D eigenvalue weighted by molar-refractivity contribution is 0.462. The SMILES string of the molecule is Cc1ccc(N)c(C)c1NC1CCCCC1. The minimum absolute atomic E-state index is 0.646. The molecule has 0 spiro atoms. The standard InChI is InChI=1S/C14H22N2/c1-10-8-9-13(15)11(2)14(10)16-12-6-4-3-5-7-12/h8-9,12,16H,3-7,15H2,1-2H3. The average molecular weight is 218 g/mol. The Kier molecular flexibility index (Phi) is 3.37. The number of nitrogen functional groups attached to an aromatic ring is 1. The van der Waals surface area contributed by atoms with Crippen molar-refractivity contribution < 1.29 is 0 Å². The fourth-order valence-corrected chi connectivity index (χ4v) is 2.54. The number of nitrogens with two attached hydrogens (primary N) is 1. The van der Waals surface area contributed by atoms with Crippen LogP contribution in [0.25, 0.3) is 0 Å². The van der Waals surface area contributed by atoms with Crippen molar-refractivity contribution in [1.29, 1.82) is 0 Å². The van der Waals surface area contributed by atoms with E-state index in [9.17, 15) is 0 Å². The van der Waals surface area contributed by atoms with Crippen LogP contribution in [0.5, 0.6) is 0 Å². The minimum Gasteiger partial charge on any atom is -0.398 e. The molecule has 0 radical (unpaired) electrons. The van der Waals surface area contributed by atoms with Crippen LogP contribution in [0.3, 0.4) is 0 Å². The number of aryl methyl sites for hydroxylation is 1. The Morgan fingerprint density at radius 3 is 2.50 bits per heavy atom. The molecule has 0 aromatic heterocycles. The first kappa shape index (κ1) is 11.3. The topological polar surface area (TPSA) is 38.0 Å². The number of anilines is 2. The quantitative estimate of drug-likeness (QED) is 0.744. The summed E-state index contributed by atoms with van der Waals surface area (Å²) in [4.78, 5) is 0. The van der Waals surface area contributed by atoms with Crippen molar-refractivity contribution in [3.05, 3.63) is 23.3 Å². The highest BCUT2D eigenvalue weighted by atomic mass is 14.9. The van der Waals surface area contributed by atoms with Crippen LogP contribution in [0.15, 0.2) is 12.1 Å². The van der Waals surface area contributed by atoms with E-state index >= 15 is 0 Å². The summed E-state index contributed by atoms with van der Waals surface area (Å²) >= 11 is 0. The maximum Gasteiger partial charge on any atom is 0.0422 e. The summed E-state index contributed by atoms with van der Waals surface area (Å²) in [5.74, 6) is 0. The molecule has 1 aromatic rings. The van der Waals surface area contributed by atoms with Crippen LogP contribution >= 0.6 is 0 Å². The Labute approximate surface area is 98.2 Å². The molecule has 0 atom stereocenters. The molecule has 0 heterocycles. The minimum atomic E-state index is 0.646. The van der Waals surface area contributed by atoms with Gasteiger partial charge in [0.05, 0.1) is 0 Å². The predicted octanol–water partition coefficient (Wildman–Crippen LogP) is 3.63. The van der Waals surface area contributed by atoms with E-state index in [0.717, 1.165) is 5.69 Å². The third kappa shape index (κ3) is 2.31. The Balaban J connectivity index is 2.16. The molecule has 2 nitrogen and oxygen atoms in total. The summed E-state index contributed by atoms with van der Waals surface area (Å²) in [5, 5.41) is 3.68. The van der Waals surface area contributed by atoms with Gasteiger partial charge in [-0.15, -0.1) is 0 Å². The maximum atomic E-state index is 5.95. The zero-order valence-electron chi connectivity index (χ0n) is 10.3. The smallest absolute Gasteiger partial charge is 0.0422 e. The van der Waals surface area contributed by atoms with Crippen molar-refractivity contribution in [2.75, 3.05) is 11.1 Å². The van der Waals surface area contributed by atoms with E-state index in [4.69, 9.17) is 5.73 Å². The van der Waals surface area contributed by atoms with E-state index in [2.05, 4.69) is 25.2 Å². The molecule has 1 aliphatic carbocycles. The molecule has 2 heteroatoms. The van der Waals surface area contributed by atoms with Crippen molar-refractivity contribution in [3.8, 4) is 0 Å². The van der Waals surface area contributed by atoms with Gasteiger partial charge in [-0.2, -0.15) is 0 Å². The molecular formula is C14H22N2. The van der Waals surface area contributed by atoms with E-state index in [1.54, 1.807) is 0 Å².